The van der Waals surface area contributed by atoms with E-state index in [1.54, 1.807) is 12.1 Å². The number of furan rings is 1. The molecule has 0 fully saturated rings. The quantitative estimate of drug-likeness (QED) is 0.647. The Labute approximate surface area is 71.7 Å². The first-order valence-corrected chi connectivity index (χ1v) is 4.82. The van der Waals surface area contributed by atoms with Crippen LogP contribution in [0.5, 0.6) is 0 Å². The highest BCUT2D eigenvalue weighted by Gasteiger charge is 2.19. The Morgan fingerprint density at radius 2 is 2.50 bits per heavy atom. The molecular weight excluding hydrogens is 178 g/mol. The first-order valence-electron chi connectivity index (χ1n) is 3.50. The lowest BCUT2D eigenvalue weighted by Gasteiger charge is -2.08. The monoisotopic (exact) mass is 185 g/mol. The summed E-state index contributed by atoms with van der Waals surface area (Å²) in [6, 6.07) is 3.44. The summed E-state index contributed by atoms with van der Waals surface area (Å²) in [5, 5.41) is 4.07. The van der Waals surface area contributed by atoms with Gasteiger partial charge in [-0.1, -0.05) is 5.16 Å². The minimum Gasteiger partial charge on any atom is -0.462 e. The second-order valence-electron chi connectivity index (χ2n) is 2.26. The Bertz CT molecular complexity index is 317. The van der Waals surface area contributed by atoms with Crippen molar-refractivity contribution in [2.75, 3.05) is 12.4 Å². The van der Waals surface area contributed by atoms with E-state index in [9.17, 15) is 4.21 Å². The van der Waals surface area contributed by atoms with Gasteiger partial charge >= 0.3 is 0 Å². The Hall–Kier alpha value is -1.10. The van der Waals surface area contributed by atoms with E-state index in [1.165, 1.54) is 6.26 Å². The summed E-state index contributed by atoms with van der Waals surface area (Å²) < 4.78 is 16.4. The van der Waals surface area contributed by atoms with Crippen molar-refractivity contribution in [2.24, 2.45) is 5.16 Å². The molecule has 2 rings (SSSR count). The van der Waals surface area contributed by atoms with Crippen LogP contribution in [0.4, 0.5) is 0 Å². The molecule has 0 saturated heterocycles. The van der Waals surface area contributed by atoms with Crippen molar-refractivity contribution in [3.8, 4) is 0 Å². The fourth-order valence-electron chi connectivity index (χ4n) is 0.913. The highest BCUT2D eigenvalue weighted by Crippen LogP contribution is 2.09. The lowest BCUT2D eigenvalue weighted by Crippen LogP contribution is -2.20. The van der Waals surface area contributed by atoms with Crippen molar-refractivity contribution in [3.05, 3.63) is 24.2 Å². The first-order chi connectivity index (χ1) is 5.88. The molecule has 12 heavy (non-hydrogen) atoms. The average Bonchev–Trinajstić information content (AvgIpc) is 2.57. The van der Waals surface area contributed by atoms with Gasteiger partial charge in [-0.2, -0.15) is 0 Å². The number of nitrogens with zero attached hydrogens (tertiary/aromatic N) is 1. The lowest BCUT2D eigenvalue weighted by atomic mass is 10.5. The molecule has 0 saturated carbocycles. The molecule has 0 aliphatic carbocycles. The molecule has 1 unspecified atom stereocenters. The van der Waals surface area contributed by atoms with Gasteiger partial charge in [0.15, 0.2) is 5.76 Å². The van der Waals surface area contributed by atoms with Crippen molar-refractivity contribution in [1.29, 1.82) is 0 Å². The molecule has 1 aromatic heterocycles. The normalized spacial score (nSPS) is 23.0. The van der Waals surface area contributed by atoms with Crippen LogP contribution in [0.1, 0.15) is 5.76 Å². The van der Waals surface area contributed by atoms with E-state index in [0.717, 1.165) is 0 Å². The number of oxime groups is 1. The predicted molar refractivity (Wildman–Crippen MR) is 44.2 cm³/mol. The zero-order chi connectivity index (χ0) is 8.39. The first kappa shape index (κ1) is 7.54. The third-order valence-corrected chi connectivity index (χ3v) is 2.70. The summed E-state index contributed by atoms with van der Waals surface area (Å²) in [6.07, 6.45) is 1.52. The van der Waals surface area contributed by atoms with Crippen molar-refractivity contribution < 1.29 is 13.5 Å². The Balaban J connectivity index is 2.34. The zero-order valence-electron chi connectivity index (χ0n) is 6.23. The molecule has 0 aromatic carbocycles. The minimum absolute atomic E-state index is 0.395. The summed E-state index contributed by atoms with van der Waals surface area (Å²) in [5.74, 6) is 1.01. The van der Waals surface area contributed by atoms with E-state index >= 15 is 0 Å². The van der Waals surface area contributed by atoms with Crippen LogP contribution in [0.15, 0.2) is 28.0 Å². The van der Waals surface area contributed by atoms with Crippen LogP contribution in [0, 0.1) is 0 Å². The van der Waals surface area contributed by atoms with Gasteiger partial charge in [-0.25, -0.2) is 0 Å². The standard InChI is InChI=1S/C7H7NO3S/c9-12-5-4-11-8-7(12)6-2-1-3-10-6/h1-3H,4-5H2. The molecule has 2 heterocycles. The molecule has 1 aliphatic rings. The largest absolute Gasteiger partial charge is 0.462 e. The van der Waals surface area contributed by atoms with E-state index in [2.05, 4.69) is 5.16 Å². The summed E-state index contributed by atoms with van der Waals surface area (Å²) in [5.41, 5.74) is 0. The Morgan fingerprint density at radius 3 is 3.17 bits per heavy atom. The highest BCUT2D eigenvalue weighted by atomic mass is 32.2. The molecule has 4 nitrogen and oxygen atoms in total. The maximum Gasteiger partial charge on any atom is 0.208 e. The number of hydrogen-bond acceptors (Lipinski definition) is 4. The third-order valence-electron chi connectivity index (χ3n) is 1.46. The van der Waals surface area contributed by atoms with Gasteiger partial charge in [0.2, 0.25) is 5.04 Å². The summed E-state index contributed by atoms with van der Waals surface area (Å²) in [7, 11) is -1.08. The molecule has 0 bridgehead atoms. The molecule has 0 N–H and O–H groups in total. The second-order valence-corrected chi connectivity index (χ2v) is 3.74. The topological polar surface area (TPSA) is 51.8 Å². The number of hydrogen-bond donors (Lipinski definition) is 0. The SMILES string of the molecule is O=S1CCON=C1c1ccco1. The maximum atomic E-state index is 11.3. The molecule has 0 radical (unpaired) electrons. The van der Waals surface area contributed by atoms with Crippen LogP contribution in [0.3, 0.4) is 0 Å². The fourth-order valence-corrected chi connectivity index (χ4v) is 1.81. The van der Waals surface area contributed by atoms with E-state index in [-0.39, 0.29) is 0 Å². The highest BCUT2D eigenvalue weighted by molar-refractivity contribution is 8.01. The van der Waals surface area contributed by atoms with E-state index in [0.29, 0.717) is 23.2 Å². The van der Waals surface area contributed by atoms with Gasteiger partial charge in [-0.05, 0) is 12.1 Å². The van der Waals surface area contributed by atoms with Gasteiger partial charge in [0, 0.05) is 0 Å². The van der Waals surface area contributed by atoms with Crippen LogP contribution < -0.4 is 0 Å². The summed E-state index contributed by atoms with van der Waals surface area (Å²) >= 11 is 0. The van der Waals surface area contributed by atoms with Crippen molar-refractivity contribution in [2.45, 2.75) is 0 Å². The fraction of sp³-hybridized carbons (Fsp3) is 0.286. The van der Waals surface area contributed by atoms with Gasteiger partial charge in [-0.15, -0.1) is 0 Å². The van der Waals surface area contributed by atoms with Crippen LogP contribution in [0.2, 0.25) is 0 Å². The molecule has 1 aliphatic heterocycles. The molecular formula is C7H7NO3S. The third kappa shape index (κ3) is 1.27. The van der Waals surface area contributed by atoms with Crippen LogP contribution in [-0.4, -0.2) is 21.6 Å². The summed E-state index contributed by atoms with van der Waals surface area (Å²) in [4.78, 5) is 4.81. The van der Waals surface area contributed by atoms with E-state index in [4.69, 9.17) is 9.25 Å². The second kappa shape index (κ2) is 3.10. The zero-order valence-corrected chi connectivity index (χ0v) is 7.04. The van der Waals surface area contributed by atoms with Gasteiger partial charge in [0.05, 0.1) is 22.8 Å². The van der Waals surface area contributed by atoms with E-state index in [1.807, 2.05) is 0 Å². The molecule has 1 aromatic rings. The molecule has 0 spiro atoms. The smallest absolute Gasteiger partial charge is 0.208 e. The lowest BCUT2D eigenvalue weighted by molar-refractivity contribution is 0.158. The molecule has 1 atom stereocenters. The van der Waals surface area contributed by atoms with Gasteiger partial charge in [0.25, 0.3) is 0 Å². The van der Waals surface area contributed by atoms with Crippen LogP contribution in [-0.2, 0) is 15.6 Å². The van der Waals surface area contributed by atoms with Gasteiger partial charge < -0.3 is 9.25 Å². The summed E-state index contributed by atoms with van der Waals surface area (Å²) in [6.45, 7) is 0.414. The maximum absolute atomic E-state index is 11.3. The van der Waals surface area contributed by atoms with Crippen molar-refractivity contribution in [1.82, 2.24) is 0 Å². The van der Waals surface area contributed by atoms with Crippen molar-refractivity contribution in [3.63, 3.8) is 0 Å². The molecule has 0 amide bonds. The van der Waals surface area contributed by atoms with Gasteiger partial charge in [-0.3, -0.25) is 4.21 Å². The molecule has 5 heteroatoms. The van der Waals surface area contributed by atoms with Gasteiger partial charge in [0.1, 0.15) is 6.61 Å². The van der Waals surface area contributed by atoms with E-state index < -0.39 is 10.8 Å². The average molecular weight is 185 g/mol. The molecule has 64 valence electrons. The minimum atomic E-state index is -1.08. The van der Waals surface area contributed by atoms with Crippen molar-refractivity contribution >= 4 is 15.8 Å². The van der Waals surface area contributed by atoms with Crippen LogP contribution in [0.25, 0.3) is 0 Å². The predicted octanol–water partition coefficient (Wildman–Crippen LogP) is 0.720. The Morgan fingerprint density at radius 1 is 1.58 bits per heavy atom. The number of rotatable bonds is 1. The Kier molecular flexibility index (Phi) is 1.95. The van der Waals surface area contributed by atoms with Crippen LogP contribution >= 0.6 is 0 Å².